The fourth-order valence-corrected chi connectivity index (χ4v) is 3.65. The van der Waals surface area contributed by atoms with Crippen LogP contribution in [0.2, 0.25) is 0 Å². The first-order chi connectivity index (χ1) is 13.7. The number of benzene rings is 3. The number of amidine groups is 1. The molecule has 3 aromatic carbocycles. The summed E-state index contributed by atoms with van der Waals surface area (Å²) in [6, 6.07) is 25.6. The van der Waals surface area contributed by atoms with Gasteiger partial charge >= 0.3 is 0 Å². The molecule has 1 aliphatic heterocycles. The predicted molar refractivity (Wildman–Crippen MR) is 116 cm³/mol. The van der Waals surface area contributed by atoms with Crippen molar-refractivity contribution in [2.75, 3.05) is 7.11 Å². The van der Waals surface area contributed by atoms with Crippen molar-refractivity contribution in [3.63, 3.8) is 0 Å². The van der Waals surface area contributed by atoms with Gasteiger partial charge in [-0.2, -0.15) is 0 Å². The van der Waals surface area contributed by atoms with Crippen LogP contribution in [0.1, 0.15) is 5.56 Å². The van der Waals surface area contributed by atoms with E-state index in [2.05, 4.69) is 10.3 Å². The zero-order valence-corrected chi connectivity index (χ0v) is 16.1. The number of nitrogens with one attached hydrogen (secondary N) is 1. The smallest absolute Gasteiger partial charge is 0.264 e. The van der Waals surface area contributed by atoms with Crippen LogP contribution in [0.25, 0.3) is 17.2 Å². The molecule has 3 aromatic rings. The number of nitrogens with zero attached hydrogens (tertiary/aromatic N) is 1. The average molecular weight is 386 g/mol. The number of methoxy groups -OCH3 is 1. The SMILES string of the molecule is COc1ccc(-c2ccc(C=C3SC(=Nc4ccccc4)NC3=O)cc2)cc1. The van der Waals surface area contributed by atoms with Crippen LogP contribution in [0.5, 0.6) is 5.75 Å². The Labute approximate surface area is 168 Å². The molecule has 138 valence electrons. The number of amides is 1. The summed E-state index contributed by atoms with van der Waals surface area (Å²) in [5.74, 6) is 0.709. The van der Waals surface area contributed by atoms with Gasteiger partial charge in [-0.25, -0.2) is 4.99 Å². The molecular formula is C23H18N2O2S. The van der Waals surface area contributed by atoms with E-state index in [4.69, 9.17) is 4.74 Å². The zero-order valence-electron chi connectivity index (χ0n) is 15.3. The van der Waals surface area contributed by atoms with E-state index < -0.39 is 0 Å². The summed E-state index contributed by atoms with van der Waals surface area (Å²) in [4.78, 5) is 17.3. The predicted octanol–water partition coefficient (Wildman–Crippen LogP) is 5.25. The van der Waals surface area contributed by atoms with Gasteiger partial charge in [-0.05, 0) is 58.8 Å². The maximum atomic E-state index is 12.2. The van der Waals surface area contributed by atoms with Gasteiger partial charge in [0.2, 0.25) is 0 Å². The summed E-state index contributed by atoms with van der Waals surface area (Å²) in [6.45, 7) is 0. The van der Waals surface area contributed by atoms with Crippen molar-refractivity contribution < 1.29 is 9.53 Å². The number of hydrogen-bond acceptors (Lipinski definition) is 4. The Hall–Kier alpha value is -3.31. The summed E-state index contributed by atoms with van der Waals surface area (Å²) in [5, 5.41) is 3.41. The lowest BCUT2D eigenvalue weighted by atomic mass is 10.0. The molecule has 4 nitrogen and oxygen atoms in total. The molecule has 1 saturated heterocycles. The Morgan fingerprint density at radius 1 is 0.893 bits per heavy atom. The number of rotatable bonds is 4. The highest BCUT2D eigenvalue weighted by molar-refractivity contribution is 8.18. The molecule has 5 heteroatoms. The molecule has 0 unspecified atom stereocenters. The lowest BCUT2D eigenvalue weighted by Crippen LogP contribution is -2.19. The van der Waals surface area contributed by atoms with Crippen molar-refractivity contribution in [2.45, 2.75) is 0 Å². The molecule has 0 aliphatic carbocycles. The first-order valence-electron chi connectivity index (χ1n) is 8.80. The van der Waals surface area contributed by atoms with Gasteiger partial charge in [0.1, 0.15) is 5.75 Å². The van der Waals surface area contributed by atoms with Gasteiger partial charge in [-0.15, -0.1) is 0 Å². The lowest BCUT2D eigenvalue weighted by molar-refractivity contribution is -0.115. The second kappa shape index (κ2) is 8.15. The van der Waals surface area contributed by atoms with Crippen molar-refractivity contribution >= 4 is 34.6 Å². The Morgan fingerprint density at radius 2 is 1.54 bits per heavy atom. The van der Waals surface area contributed by atoms with Crippen LogP contribution >= 0.6 is 11.8 Å². The van der Waals surface area contributed by atoms with Crippen molar-refractivity contribution in [2.24, 2.45) is 4.99 Å². The van der Waals surface area contributed by atoms with Gasteiger partial charge in [0.25, 0.3) is 5.91 Å². The number of hydrogen-bond donors (Lipinski definition) is 1. The molecule has 28 heavy (non-hydrogen) atoms. The molecular weight excluding hydrogens is 368 g/mol. The number of para-hydroxylation sites is 1. The third-order valence-corrected chi connectivity index (χ3v) is 5.18. The quantitative estimate of drug-likeness (QED) is 0.623. The number of aliphatic imine (C=N–C) groups is 1. The standard InChI is InChI=1S/C23H18N2O2S/c1-27-20-13-11-18(12-14-20)17-9-7-16(8-10-17)15-21-22(26)25-23(28-21)24-19-5-3-2-4-6-19/h2-15H,1H3,(H,24,25,26). The second-order valence-corrected chi connectivity index (χ2v) is 7.20. The summed E-state index contributed by atoms with van der Waals surface area (Å²) in [6.07, 6.45) is 1.88. The highest BCUT2D eigenvalue weighted by Gasteiger charge is 2.23. The minimum Gasteiger partial charge on any atom is -0.497 e. The summed E-state index contributed by atoms with van der Waals surface area (Å²) < 4.78 is 5.20. The highest BCUT2D eigenvalue weighted by atomic mass is 32.2. The van der Waals surface area contributed by atoms with Gasteiger partial charge in [-0.3, -0.25) is 4.79 Å². The van der Waals surface area contributed by atoms with Crippen LogP contribution in [0, 0.1) is 0 Å². The van der Waals surface area contributed by atoms with Crippen LogP contribution < -0.4 is 10.1 Å². The second-order valence-electron chi connectivity index (χ2n) is 6.17. The molecule has 1 N–H and O–H groups in total. The summed E-state index contributed by atoms with van der Waals surface area (Å²) in [7, 11) is 1.66. The number of ether oxygens (including phenoxy) is 1. The van der Waals surface area contributed by atoms with Crippen LogP contribution in [-0.4, -0.2) is 18.2 Å². The van der Waals surface area contributed by atoms with E-state index in [9.17, 15) is 4.79 Å². The molecule has 1 heterocycles. The molecule has 0 saturated carbocycles. The topological polar surface area (TPSA) is 50.7 Å². The summed E-state index contributed by atoms with van der Waals surface area (Å²) in [5.41, 5.74) is 4.01. The molecule has 0 aromatic heterocycles. The van der Waals surface area contributed by atoms with E-state index >= 15 is 0 Å². The lowest BCUT2D eigenvalue weighted by Gasteiger charge is -2.04. The number of carbonyl (C=O) groups excluding carboxylic acids is 1. The molecule has 0 radical (unpaired) electrons. The van der Waals surface area contributed by atoms with E-state index in [0.29, 0.717) is 10.1 Å². The third-order valence-electron chi connectivity index (χ3n) is 4.27. The zero-order chi connectivity index (χ0) is 19.3. The van der Waals surface area contributed by atoms with E-state index in [0.717, 1.165) is 28.1 Å². The Morgan fingerprint density at radius 3 is 2.18 bits per heavy atom. The van der Waals surface area contributed by atoms with Crippen LogP contribution in [0.15, 0.2) is 88.8 Å². The van der Waals surface area contributed by atoms with Crippen molar-refractivity contribution in [1.29, 1.82) is 0 Å². The van der Waals surface area contributed by atoms with Gasteiger partial charge in [0.05, 0.1) is 17.7 Å². The fraction of sp³-hybridized carbons (Fsp3) is 0.0435. The maximum absolute atomic E-state index is 12.2. The molecule has 1 aliphatic rings. The molecule has 1 fully saturated rings. The van der Waals surface area contributed by atoms with Gasteiger partial charge < -0.3 is 10.1 Å². The highest BCUT2D eigenvalue weighted by Crippen LogP contribution is 2.29. The van der Waals surface area contributed by atoms with Crippen LogP contribution in [0.3, 0.4) is 0 Å². The summed E-state index contributed by atoms with van der Waals surface area (Å²) >= 11 is 1.35. The first kappa shape index (κ1) is 18.1. The van der Waals surface area contributed by atoms with Crippen molar-refractivity contribution in [3.05, 3.63) is 89.3 Å². The molecule has 0 bridgehead atoms. The van der Waals surface area contributed by atoms with Crippen LogP contribution in [-0.2, 0) is 4.79 Å². The Balaban J connectivity index is 1.51. The van der Waals surface area contributed by atoms with E-state index in [-0.39, 0.29) is 5.91 Å². The van der Waals surface area contributed by atoms with E-state index in [1.54, 1.807) is 7.11 Å². The van der Waals surface area contributed by atoms with Crippen LogP contribution in [0.4, 0.5) is 5.69 Å². The largest absolute Gasteiger partial charge is 0.497 e. The van der Waals surface area contributed by atoms with E-state index in [1.165, 1.54) is 11.8 Å². The minimum atomic E-state index is -0.126. The van der Waals surface area contributed by atoms with Crippen molar-refractivity contribution in [3.8, 4) is 16.9 Å². The maximum Gasteiger partial charge on any atom is 0.264 e. The molecule has 0 spiro atoms. The normalized spacial score (nSPS) is 16.4. The third kappa shape index (κ3) is 4.15. The number of thioether (sulfide) groups is 1. The van der Waals surface area contributed by atoms with Gasteiger partial charge in [-0.1, -0.05) is 54.6 Å². The first-order valence-corrected chi connectivity index (χ1v) is 9.62. The average Bonchev–Trinajstić information content (AvgIpc) is 3.08. The molecule has 4 rings (SSSR count). The molecule has 1 amide bonds. The minimum absolute atomic E-state index is 0.126. The van der Waals surface area contributed by atoms with Gasteiger partial charge in [0.15, 0.2) is 5.17 Å². The Bertz CT molecular complexity index is 1040. The van der Waals surface area contributed by atoms with Gasteiger partial charge in [0, 0.05) is 0 Å². The molecule has 0 atom stereocenters. The number of carbonyl (C=O) groups is 1. The fourth-order valence-electron chi connectivity index (χ4n) is 2.81. The van der Waals surface area contributed by atoms with E-state index in [1.807, 2.05) is 84.9 Å². The Kier molecular flexibility index (Phi) is 5.26. The van der Waals surface area contributed by atoms with Crippen molar-refractivity contribution in [1.82, 2.24) is 5.32 Å². The monoisotopic (exact) mass is 386 g/mol.